The molecule has 1 aliphatic heterocycles. The van der Waals surface area contributed by atoms with Crippen molar-refractivity contribution in [2.45, 2.75) is 32.7 Å². The molecule has 1 aliphatic rings. The molecule has 6 heteroatoms. The summed E-state index contributed by atoms with van der Waals surface area (Å²) in [5.74, 6) is 1.06. The first kappa shape index (κ1) is 18.5. The molecule has 2 amide bonds. The van der Waals surface area contributed by atoms with Gasteiger partial charge in [0.15, 0.2) is 0 Å². The van der Waals surface area contributed by atoms with E-state index >= 15 is 0 Å². The van der Waals surface area contributed by atoms with Gasteiger partial charge in [0.05, 0.1) is 6.54 Å². The molecule has 140 valence electrons. The van der Waals surface area contributed by atoms with E-state index in [0.717, 1.165) is 50.7 Å². The topological polar surface area (TPSA) is 53.4 Å². The smallest absolute Gasteiger partial charge is 0.321 e. The van der Waals surface area contributed by atoms with E-state index in [1.807, 2.05) is 41.0 Å². The fraction of sp³-hybridized carbons (Fsp3) is 0.500. The van der Waals surface area contributed by atoms with E-state index < -0.39 is 0 Å². The maximum Gasteiger partial charge on any atom is 0.321 e. The molecular formula is C20H29N5O. The minimum atomic E-state index is -0.0112. The van der Waals surface area contributed by atoms with Crippen molar-refractivity contribution >= 4 is 11.7 Å². The molecule has 26 heavy (non-hydrogen) atoms. The number of hydrogen-bond acceptors (Lipinski definition) is 3. The highest BCUT2D eigenvalue weighted by Crippen LogP contribution is 2.14. The monoisotopic (exact) mass is 355 g/mol. The number of anilines is 1. The Bertz CT molecular complexity index is 701. The van der Waals surface area contributed by atoms with Gasteiger partial charge >= 0.3 is 6.03 Å². The molecule has 1 saturated heterocycles. The molecule has 0 unspecified atom stereocenters. The zero-order valence-electron chi connectivity index (χ0n) is 15.8. The SMILES string of the molecule is CCCCc1ccc(NC(=O)N2CCN(Cc3nccn3C)CC2)cc1. The van der Waals surface area contributed by atoms with Crippen molar-refractivity contribution in [2.75, 3.05) is 31.5 Å². The van der Waals surface area contributed by atoms with Crippen LogP contribution >= 0.6 is 0 Å². The van der Waals surface area contributed by atoms with Crippen molar-refractivity contribution in [3.05, 3.63) is 48.0 Å². The Morgan fingerprint density at radius 2 is 1.88 bits per heavy atom. The predicted octanol–water partition coefficient (Wildman–Crippen LogP) is 3.11. The first-order chi connectivity index (χ1) is 12.7. The Morgan fingerprint density at radius 1 is 1.15 bits per heavy atom. The summed E-state index contributed by atoms with van der Waals surface area (Å²) in [5.41, 5.74) is 2.19. The third-order valence-electron chi connectivity index (χ3n) is 4.97. The van der Waals surface area contributed by atoms with Gasteiger partial charge in [-0.25, -0.2) is 9.78 Å². The van der Waals surface area contributed by atoms with Gasteiger partial charge in [0, 0.05) is 51.3 Å². The number of carbonyl (C=O) groups is 1. The molecule has 0 radical (unpaired) electrons. The van der Waals surface area contributed by atoms with Gasteiger partial charge in [-0.05, 0) is 30.5 Å². The molecule has 0 saturated carbocycles. The first-order valence-electron chi connectivity index (χ1n) is 9.49. The zero-order chi connectivity index (χ0) is 18.4. The maximum absolute atomic E-state index is 12.5. The van der Waals surface area contributed by atoms with Gasteiger partial charge in [-0.1, -0.05) is 25.5 Å². The van der Waals surface area contributed by atoms with Crippen LogP contribution in [0.25, 0.3) is 0 Å². The normalized spacial score (nSPS) is 15.2. The molecule has 1 N–H and O–H groups in total. The van der Waals surface area contributed by atoms with Crippen molar-refractivity contribution < 1.29 is 4.79 Å². The van der Waals surface area contributed by atoms with E-state index in [2.05, 4.69) is 34.3 Å². The number of unbranched alkanes of at least 4 members (excludes halogenated alkanes) is 1. The van der Waals surface area contributed by atoms with Gasteiger partial charge in [-0.2, -0.15) is 0 Å². The van der Waals surface area contributed by atoms with Crippen LogP contribution in [0.1, 0.15) is 31.2 Å². The fourth-order valence-corrected chi connectivity index (χ4v) is 3.20. The van der Waals surface area contributed by atoms with Crippen LogP contribution in [-0.4, -0.2) is 51.6 Å². The van der Waals surface area contributed by atoms with Crippen LogP contribution in [0.2, 0.25) is 0 Å². The Hall–Kier alpha value is -2.34. The summed E-state index contributed by atoms with van der Waals surface area (Å²) in [7, 11) is 2.01. The minimum Gasteiger partial charge on any atom is -0.337 e. The Balaban J connectivity index is 1.45. The predicted molar refractivity (Wildman–Crippen MR) is 104 cm³/mol. The summed E-state index contributed by atoms with van der Waals surface area (Å²) in [6, 6.07) is 8.20. The van der Waals surface area contributed by atoms with Crippen molar-refractivity contribution in [3.8, 4) is 0 Å². The summed E-state index contributed by atoms with van der Waals surface area (Å²) in [4.78, 5) is 21.1. The van der Waals surface area contributed by atoms with Crippen LogP contribution in [0, 0.1) is 0 Å². The molecule has 0 bridgehead atoms. The second-order valence-corrected chi connectivity index (χ2v) is 6.95. The van der Waals surface area contributed by atoms with E-state index in [-0.39, 0.29) is 6.03 Å². The van der Waals surface area contributed by atoms with Crippen molar-refractivity contribution in [3.63, 3.8) is 0 Å². The molecule has 2 heterocycles. The van der Waals surface area contributed by atoms with Crippen LogP contribution in [0.5, 0.6) is 0 Å². The van der Waals surface area contributed by atoms with Gasteiger partial charge in [0.2, 0.25) is 0 Å². The molecule has 1 fully saturated rings. The molecule has 0 spiro atoms. The van der Waals surface area contributed by atoms with E-state index in [1.165, 1.54) is 18.4 Å². The lowest BCUT2D eigenvalue weighted by Gasteiger charge is -2.34. The summed E-state index contributed by atoms with van der Waals surface area (Å²) in [6.45, 7) is 6.25. The largest absolute Gasteiger partial charge is 0.337 e. The van der Waals surface area contributed by atoms with Gasteiger partial charge in [0.25, 0.3) is 0 Å². The molecule has 1 aromatic carbocycles. The molecule has 1 aromatic heterocycles. The van der Waals surface area contributed by atoms with Crippen LogP contribution in [-0.2, 0) is 20.0 Å². The number of imidazole rings is 1. The number of aryl methyl sites for hydroxylation is 2. The number of urea groups is 1. The number of carbonyl (C=O) groups excluding carboxylic acids is 1. The van der Waals surface area contributed by atoms with Crippen molar-refractivity contribution in [1.82, 2.24) is 19.4 Å². The molecule has 0 atom stereocenters. The first-order valence-corrected chi connectivity index (χ1v) is 9.49. The van der Waals surface area contributed by atoms with Gasteiger partial charge in [0.1, 0.15) is 5.82 Å². The van der Waals surface area contributed by atoms with Crippen LogP contribution < -0.4 is 5.32 Å². The molecular weight excluding hydrogens is 326 g/mol. The molecule has 0 aliphatic carbocycles. The number of nitrogens with one attached hydrogen (secondary N) is 1. The Kier molecular flexibility index (Phi) is 6.28. The number of aromatic nitrogens is 2. The van der Waals surface area contributed by atoms with Crippen molar-refractivity contribution in [1.29, 1.82) is 0 Å². The number of benzene rings is 1. The van der Waals surface area contributed by atoms with Crippen LogP contribution in [0.4, 0.5) is 10.5 Å². The standard InChI is InChI=1S/C20H29N5O/c1-3-4-5-17-6-8-18(9-7-17)22-20(26)25-14-12-24(13-15-25)16-19-21-10-11-23(19)2/h6-11H,3-5,12-16H2,1-2H3,(H,22,26). The number of hydrogen-bond donors (Lipinski definition) is 1. The minimum absolute atomic E-state index is 0.0112. The second-order valence-electron chi connectivity index (χ2n) is 6.95. The van der Waals surface area contributed by atoms with Crippen LogP contribution in [0.15, 0.2) is 36.7 Å². The van der Waals surface area contributed by atoms with Gasteiger partial charge in [-0.15, -0.1) is 0 Å². The number of amides is 2. The summed E-state index contributed by atoms with van der Waals surface area (Å²) < 4.78 is 2.04. The molecule has 3 rings (SSSR count). The number of piperazine rings is 1. The lowest BCUT2D eigenvalue weighted by Crippen LogP contribution is -2.49. The lowest BCUT2D eigenvalue weighted by molar-refractivity contribution is 0.140. The summed E-state index contributed by atoms with van der Waals surface area (Å²) in [6.07, 6.45) is 7.29. The number of nitrogens with zero attached hydrogens (tertiary/aromatic N) is 4. The Morgan fingerprint density at radius 3 is 2.50 bits per heavy atom. The fourth-order valence-electron chi connectivity index (χ4n) is 3.20. The number of rotatable bonds is 6. The third kappa shape index (κ3) is 4.85. The van der Waals surface area contributed by atoms with E-state index in [1.54, 1.807) is 0 Å². The van der Waals surface area contributed by atoms with Crippen LogP contribution in [0.3, 0.4) is 0 Å². The van der Waals surface area contributed by atoms with E-state index in [0.29, 0.717) is 0 Å². The third-order valence-corrected chi connectivity index (χ3v) is 4.97. The summed E-state index contributed by atoms with van der Waals surface area (Å²) in [5, 5.41) is 3.02. The maximum atomic E-state index is 12.5. The summed E-state index contributed by atoms with van der Waals surface area (Å²) >= 11 is 0. The lowest BCUT2D eigenvalue weighted by atomic mass is 10.1. The highest BCUT2D eigenvalue weighted by molar-refractivity contribution is 5.89. The average Bonchev–Trinajstić information content (AvgIpc) is 3.06. The average molecular weight is 355 g/mol. The van der Waals surface area contributed by atoms with Crippen molar-refractivity contribution in [2.24, 2.45) is 7.05 Å². The zero-order valence-corrected chi connectivity index (χ0v) is 15.8. The van der Waals surface area contributed by atoms with E-state index in [9.17, 15) is 4.79 Å². The van der Waals surface area contributed by atoms with Gasteiger partial charge in [-0.3, -0.25) is 4.90 Å². The quantitative estimate of drug-likeness (QED) is 0.866. The highest BCUT2D eigenvalue weighted by Gasteiger charge is 2.21. The highest BCUT2D eigenvalue weighted by atomic mass is 16.2. The Labute approximate surface area is 155 Å². The molecule has 6 nitrogen and oxygen atoms in total. The second kappa shape index (κ2) is 8.85. The molecule has 2 aromatic rings. The van der Waals surface area contributed by atoms with Gasteiger partial charge < -0.3 is 14.8 Å². The van der Waals surface area contributed by atoms with E-state index in [4.69, 9.17) is 0 Å².